The fourth-order valence-corrected chi connectivity index (χ4v) is 3.01. The van der Waals surface area contributed by atoms with Crippen molar-refractivity contribution in [1.29, 1.82) is 0 Å². The Balaban J connectivity index is 1.50. The third-order valence-electron chi connectivity index (χ3n) is 4.53. The first-order valence-corrected chi connectivity index (χ1v) is 9.48. The Morgan fingerprint density at radius 1 is 1.07 bits per heavy atom. The molecule has 0 aliphatic carbocycles. The summed E-state index contributed by atoms with van der Waals surface area (Å²) in [6, 6.07) is 16.0. The third kappa shape index (κ3) is 5.75. The number of hydrogen-bond acceptors (Lipinski definition) is 4. The van der Waals surface area contributed by atoms with E-state index in [1.54, 1.807) is 14.2 Å². The average Bonchev–Trinajstić information content (AvgIpc) is 3.19. The number of methoxy groups -OCH3 is 2. The molecule has 7 nitrogen and oxygen atoms in total. The van der Waals surface area contributed by atoms with Crippen LogP contribution in [0.4, 0.5) is 0 Å². The molecule has 0 fully saturated rings. The minimum atomic E-state index is 0.404. The molecule has 1 aromatic heterocycles. The molecule has 0 saturated heterocycles. The van der Waals surface area contributed by atoms with E-state index >= 15 is 0 Å². The highest BCUT2D eigenvalue weighted by molar-refractivity contribution is 5.77. The predicted molar refractivity (Wildman–Crippen MR) is 114 cm³/mol. The van der Waals surface area contributed by atoms with Gasteiger partial charge in [0.15, 0.2) is 17.5 Å². The highest BCUT2D eigenvalue weighted by Crippen LogP contribution is 2.27. The minimum absolute atomic E-state index is 0.404. The first kappa shape index (κ1) is 20.3. The maximum Gasteiger partial charge on any atom is 0.188 e. The van der Waals surface area contributed by atoms with Crippen molar-refractivity contribution in [3.63, 3.8) is 0 Å². The molecule has 3 aromatic rings. The molecule has 0 amide bonds. The van der Waals surface area contributed by atoms with Gasteiger partial charge in [0.1, 0.15) is 5.82 Å². The van der Waals surface area contributed by atoms with Crippen LogP contribution in [0.5, 0.6) is 11.5 Å². The van der Waals surface area contributed by atoms with Gasteiger partial charge in [-0.25, -0.2) is 9.98 Å². The standard InChI is InChI=1S/C22H27N5O2/c1-28-19-9-8-18(14-20(19)29-2)15-26-22(23)25-11-10-21-24-12-13-27(21)16-17-6-4-3-5-7-17/h3-9,12-14H,10-11,15-16H2,1-2H3,(H3,23,25,26). The average molecular weight is 393 g/mol. The molecular formula is C22H27N5O2. The van der Waals surface area contributed by atoms with E-state index in [4.69, 9.17) is 15.2 Å². The van der Waals surface area contributed by atoms with Gasteiger partial charge in [0.05, 0.1) is 20.8 Å². The van der Waals surface area contributed by atoms with Gasteiger partial charge < -0.3 is 25.1 Å². The number of rotatable bonds is 9. The first-order valence-electron chi connectivity index (χ1n) is 9.48. The van der Waals surface area contributed by atoms with Crippen LogP contribution >= 0.6 is 0 Å². The minimum Gasteiger partial charge on any atom is -0.493 e. The molecule has 0 unspecified atom stereocenters. The maximum absolute atomic E-state index is 6.00. The summed E-state index contributed by atoms with van der Waals surface area (Å²) < 4.78 is 12.7. The van der Waals surface area contributed by atoms with Gasteiger partial charge in [-0.2, -0.15) is 0 Å². The van der Waals surface area contributed by atoms with Crippen LogP contribution in [0.15, 0.2) is 65.9 Å². The Morgan fingerprint density at radius 2 is 1.86 bits per heavy atom. The monoisotopic (exact) mass is 393 g/mol. The highest BCUT2D eigenvalue weighted by atomic mass is 16.5. The number of nitrogens with one attached hydrogen (secondary N) is 1. The Morgan fingerprint density at radius 3 is 2.62 bits per heavy atom. The molecular weight excluding hydrogens is 366 g/mol. The number of imidazole rings is 1. The van der Waals surface area contributed by atoms with Crippen molar-refractivity contribution < 1.29 is 9.47 Å². The largest absolute Gasteiger partial charge is 0.493 e. The lowest BCUT2D eigenvalue weighted by Crippen LogP contribution is -2.33. The number of nitrogens with zero attached hydrogens (tertiary/aromatic N) is 3. The highest BCUT2D eigenvalue weighted by Gasteiger charge is 2.05. The van der Waals surface area contributed by atoms with Crippen LogP contribution < -0.4 is 20.5 Å². The topological polar surface area (TPSA) is 86.7 Å². The summed E-state index contributed by atoms with van der Waals surface area (Å²) in [5.74, 6) is 2.78. The number of ether oxygens (including phenoxy) is 2. The van der Waals surface area contributed by atoms with Crippen LogP contribution in [0, 0.1) is 0 Å². The van der Waals surface area contributed by atoms with Crippen molar-refractivity contribution in [1.82, 2.24) is 14.9 Å². The molecule has 2 aromatic carbocycles. The molecule has 1 heterocycles. The van der Waals surface area contributed by atoms with Crippen molar-refractivity contribution >= 4 is 5.96 Å². The summed E-state index contributed by atoms with van der Waals surface area (Å²) in [5, 5.41) is 3.15. The number of aromatic nitrogens is 2. The van der Waals surface area contributed by atoms with E-state index in [0.29, 0.717) is 30.5 Å². The van der Waals surface area contributed by atoms with Gasteiger partial charge >= 0.3 is 0 Å². The smallest absolute Gasteiger partial charge is 0.188 e. The van der Waals surface area contributed by atoms with Crippen LogP contribution in [-0.2, 0) is 19.5 Å². The lowest BCUT2D eigenvalue weighted by Gasteiger charge is -2.10. The second kappa shape index (κ2) is 10.2. The van der Waals surface area contributed by atoms with Crippen LogP contribution in [0.25, 0.3) is 0 Å². The number of benzene rings is 2. The lowest BCUT2D eigenvalue weighted by molar-refractivity contribution is 0.354. The molecule has 152 valence electrons. The lowest BCUT2D eigenvalue weighted by atomic mass is 10.2. The molecule has 0 spiro atoms. The van der Waals surface area contributed by atoms with Crippen LogP contribution in [0.1, 0.15) is 17.0 Å². The van der Waals surface area contributed by atoms with E-state index < -0.39 is 0 Å². The molecule has 0 aliphatic heterocycles. The van der Waals surface area contributed by atoms with E-state index in [1.807, 2.05) is 48.8 Å². The van der Waals surface area contributed by atoms with Crippen molar-refractivity contribution in [3.05, 3.63) is 77.9 Å². The van der Waals surface area contributed by atoms with Gasteiger partial charge in [0.25, 0.3) is 0 Å². The molecule has 29 heavy (non-hydrogen) atoms. The second-order valence-corrected chi connectivity index (χ2v) is 6.52. The molecule has 0 aliphatic rings. The van der Waals surface area contributed by atoms with Crippen molar-refractivity contribution in [3.8, 4) is 11.5 Å². The molecule has 0 saturated carbocycles. The normalized spacial score (nSPS) is 11.3. The van der Waals surface area contributed by atoms with Crippen LogP contribution in [0.3, 0.4) is 0 Å². The van der Waals surface area contributed by atoms with E-state index in [9.17, 15) is 0 Å². The van der Waals surface area contributed by atoms with Gasteiger partial charge in [-0.15, -0.1) is 0 Å². The van der Waals surface area contributed by atoms with E-state index in [0.717, 1.165) is 24.4 Å². The summed E-state index contributed by atoms with van der Waals surface area (Å²) in [6.07, 6.45) is 4.58. The Labute approximate surface area is 171 Å². The van der Waals surface area contributed by atoms with E-state index in [1.165, 1.54) is 5.56 Å². The Bertz CT molecular complexity index is 937. The number of guanidine groups is 1. The maximum atomic E-state index is 6.00. The van der Waals surface area contributed by atoms with Crippen molar-refractivity contribution in [2.24, 2.45) is 10.7 Å². The molecule has 0 bridgehead atoms. The molecule has 3 N–H and O–H groups in total. The van der Waals surface area contributed by atoms with Crippen molar-refractivity contribution in [2.45, 2.75) is 19.5 Å². The van der Waals surface area contributed by atoms with E-state index in [2.05, 4.69) is 32.0 Å². The fraction of sp³-hybridized carbons (Fsp3) is 0.273. The predicted octanol–water partition coefficient (Wildman–Crippen LogP) is 2.60. The van der Waals surface area contributed by atoms with Gasteiger partial charge in [-0.05, 0) is 23.3 Å². The molecule has 0 atom stereocenters. The van der Waals surface area contributed by atoms with Gasteiger partial charge in [-0.3, -0.25) is 0 Å². The van der Waals surface area contributed by atoms with Crippen LogP contribution in [-0.4, -0.2) is 36.3 Å². The third-order valence-corrected chi connectivity index (χ3v) is 4.53. The SMILES string of the molecule is COc1ccc(CN=C(N)NCCc2nccn2Cc2ccccc2)cc1OC. The zero-order chi connectivity index (χ0) is 20.5. The first-order chi connectivity index (χ1) is 14.2. The molecule has 3 rings (SSSR count). The Kier molecular flexibility index (Phi) is 7.10. The number of aliphatic imine (C=N–C) groups is 1. The summed E-state index contributed by atoms with van der Waals surface area (Å²) in [5.41, 5.74) is 8.24. The zero-order valence-corrected chi connectivity index (χ0v) is 16.8. The van der Waals surface area contributed by atoms with Crippen molar-refractivity contribution in [2.75, 3.05) is 20.8 Å². The molecule has 7 heteroatoms. The van der Waals surface area contributed by atoms with Gasteiger partial charge in [0.2, 0.25) is 0 Å². The van der Waals surface area contributed by atoms with Gasteiger partial charge in [-0.1, -0.05) is 36.4 Å². The number of nitrogens with two attached hydrogens (primary N) is 1. The second-order valence-electron chi connectivity index (χ2n) is 6.52. The Hall–Kier alpha value is -3.48. The van der Waals surface area contributed by atoms with Crippen LogP contribution in [0.2, 0.25) is 0 Å². The quantitative estimate of drug-likeness (QED) is 0.431. The molecule has 0 radical (unpaired) electrons. The summed E-state index contributed by atoms with van der Waals surface area (Å²) in [4.78, 5) is 8.85. The summed E-state index contributed by atoms with van der Waals surface area (Å²) >= 11 is 0. The summed E-state index contributed by atoms with van der Waals surface area (Å²) in [6.45, 7) is 1.92. The summed E-state index contributed by atoms with van der Waals surface area (Å²) in [7, 11) is 3.23. The number of hydrogen-bond donors (Lipinski definition) is 2. The van der Waals surface area contributed by atoms with E-state index in [-0.39, 0.29) is 0 Å². The van der Waals surface area contributed by atoms with Gasteiger partial charge in [0, 0.05) is 31.9 Å². The fourth-order valence-electron chi connectivity index (χ4n) is 3.01. The zero-order valence-electron chi connectivity index (χ0n) is 16.8.